The molecule has 2 heterocycles. The van der Waals surface area contributed by atoms with Gasteiger partial charge in [-0.2, -0.15) is 5.10 Å². The Labute approximate surface area is 168 Å². The number of carbonyl (C=O) groups is 1. The molecular weight excluding hydrogens is 378 g/mol. The molecule has 4 rings (SSSR count). The van der Waals surface area contributed by atoms with Crippen LogP contribution < -0.4 is 15.1 Å². The van der Waals surface area contributed by atoms with Gasteiger partial charge in [0.1, 0.15) is 29.8 Å². The van der Waals surface area contributed by atoms with Crippen LogP contribution in [0.5, 0.6) is 5.75 Å². The highest BCUT2D eigenvalue weighted by Crippen LogP contribution is 2.48. The Kier molecular flexibility index (Phi) is 5.00. The van der Waals surface area contributed by atoms with Crippen molar-refractivity contribution in [3.8, 4) is 5.75 Å². The highest BCUT2D eigenvalue weighted by Gasteiger charge is 2.56. The second-order valence-corrected chi connectivity index (χ2v) is 7.41. The molecule has 0 bridgehead atoms. The van der Waals surface area contributed by atoms with Crippen LogP contribution in [-0.4, -0.2) is 43.0 Å². The summed E-state index contributed by atoms with van der Waals surface area (Å²) in [6.45, 7) is 0.407. The molecule has 0 aliphatic carbocycles. The Bertz CT molecular complexity index is 918. The molecule has 2 aromatic carbocycles. The lowest BCUT2D eigenvalue weighted by molar-refractivity contribution is -0.114. The smallest absolute Gasteiger partial charge is 0.268 e. The van der Waals surface area contributed by atoms with Crippen molar-refractivity contribution in [2.45, 2.75) is 24.3 Å². The number of fused-ring (bicyclic) bond motifs is 3. The Morgan fingerprint density at radius 2 is 2.14 bits per heavy atom. The third-order valence-corrected chi connectivity index (χ3v) is 5.75. The molecule has 0 saturated heterocycles. The first-order chi connectivity index (χ1) is 13.6. The second-order valence-electron chi connectivity index (χ2n) is 6.98. The predicted molar refractivity (Wildman–Crippen MR) is 109 cm³/mol. The number of amides is 1. The summed E-state index contributed by atoms with van der Waals surface area (Å²) in [5.74, 6) is 0.450. The third-order valence-electron chi connectivity index (χ3n) is 5.52. The maximum atomic E-state index is 12.9. The largest absolute Gasteiger partial charge is 0.489 e. The van der Waals surface area contributed by atoms with E-state index in [9.17, 15) is 9.90 Å². The summed E-state index contributed by atoms with van der Waals surface area (Å²) >= 11 is 6.22. The van der Waals surface area contributed by atoms with Gasteiger partial charge >= 0.3 is 0 Å². The molecule has 1 unspecified atom stereocenters. The van der Waals surface area contributed by atoms with E-state index in [-0.39, 0.29) is 18.6 Å². The standard InChI is InChI=1S/C21H22ClN3O3/c1-23-20(27)19-21(10-5-11-26,14-6-3-2-4-7-14)18-13-28-17-9-8-15(22)12-16(17)25(18)24-19/h2-4,6-9,12,18,26H,5,10-11,13H2,1H3,(H,23,27)/t18?,21-/m1/s1. The summed E-state index contributed by atoms with van der Waals surface area (Å²) in [4.78, 5) is 12.9. The Balaban J connectivity index is 1.92. The fourth-order valence-corrected chi connectivity index (χ4v) is 4.41. The molecule has 2 N–H and O–H groups in total. The normalized spacial score (nSPS) is 22.8. The van der Waals surface area contributed by atoms with E-state index in [2.05, 4.69) is 5.32 Å². The molecule has 0 radical (unpaired) electrons. The van der Waals surface area contributed by atoms with Gasteiger partial charge in [-0.3, -0.25) is 9.80 Å². The molecule has 0 spiro atoms. The number of carbonyl (C=O) groups excluding carboxylic acids is 1. The number of ether oxygens (including phenoxy) is 1. The van der Waals surface area contributed by atoms with Crippen molar-refractivity contribution in [2.24, 2.45) is 5.10 Å². The van der Waals surface area contributed by atoms with E-state index in [0.717, 1.165) is 11.3 Å². The van der Waals surface area contributed by atoms with Crippen molar-refractivity contribution in [1.82, 2.24) is 5.32 Å². The summed E-state index contributed by atoms with van der Waals surface area (Å²) in [7, 11) is 1.60. The average molecular weight is 400 g/mol. The van der Waals surface area contributed by atoms with Crippen LogP contribution in [0.4, 0.5) is 5.69 Å². The number of nitrogens with one attached hydrogen (secondary N) is 1. The van der Waals surface area contributed by atoms with Gasteiger partial charge in [-0.1, -0.05) is 41.9 Å². The molecule has 2 aliphatic heterocycles. The second kappa shape index (κ2) is 7.45. The van der Waals surface area contributed by atoms with Crippen molar-refractivity contribution in [3.05, 3.63) is 59.1 Å². The molecule has 2 atom stereocenters. The molecule has 0 fully saturated rings. The molecular formula is C21H22ClN3O3. The molecule has 0 saturated carbocycles. The minimum absolute atomic E-state index is 0.0333. The zero-order valence-electron chi connectivity index (χ0n) is 15.6. The number of rotatable bonds is 5. The number of nitrogens with zero attached hydrogens (tertiary/aromatic N) is 2. The van der Waals surface area contributed by atoms with Crippen LogP contribution in [0.1, 0.15) is 18.4 Å². The van der Waals surface area contributed by atoms with Crippen molar-refractivity contribution in [1.29, 1.82) is 0 Å². The fourth-order valence-electron chi connectivity index (χ4n) is 4.25. The summed E-state index contributed by atoms with van der Waals surface area (Å²) in [6, 6.07) is 15.0. The van der Waals surface area contributed by atoms with Gasteiger partial charge in [0.2, 0.25) is 0 Å². The number of aliphatic hydroxyl groups is 1. The SMILES string of the molecule is CNC(=O)C1=NN2c3cc(Cl)ccc3OCC2[C@@]1(CCCO)c1ccccc1. The molecule has 7 heteroatoms. The highest BCUT2D eigenvalue weighted by molar-refractivity contribution is 6.43. The topological polar surface area (TPSA) is 74.2 Å². The average Bonchev–Trinajstić information content (AvgIpc) is 3.08. The Morgan fingerprint density at radius 3 is 2.86 bits per heavy atom. The number of hydrogen-bond donors (Lipinski definition) is 2. The van der Waals surface area contributed by atoms with Gasteiger partial charge in [-0.15, -0.1) is 0 Å². The zero-order chi connectivity index (χ0) is 19.7. The third kappa shape index (κ3) is 2.84. The van der Waals surface area contributed by atoms with Gasteiger partial charge in [0.05, 0.1) is 5.41 Å². The minimum atomic E-state index is -0.704. The van der Waals surface area contributed by atoms with Gasteiger partial charge in [-0.05, 0) is 36.6 Å². The molecule has 28 heavy (non-hydrogen) atoms. The minimum Gasteiger partial charge on any atom is -0.489 e. The first kappa shape index (κ1) is 18.8. The lowest BCUT2D eigenvalue weighted by Crippen LogP contribution is -2.55. The highest BCUT2D eigenvalue weighted by atomic mass is 35.5. The number of halogens is 1. The maximum absolute atomic E-state index is 12.9. The van der Waals surface area contributed by atoms with E-state index in [1.807, 2.05) is 41.4 Å². The molecule has 0 aromatic heterocycles. The van der Waals surface area contributed by atoms with Crippen LogP contribution in [0.3, 0.4) is 0 Å². The van der Waals surface area contributed by atoms with Crippen molar-refractivity contribution in [2.75, 3.05) is 25.3 Å². The summed E-state index contributed by atoms with van der Waals surface area (Å²) in [6.07, 6.45) is 1.11. The number of benzene rings is 2. The number of anilines is 1. The molecule has 6 nitrogen and oxygen atoms in total. The van der Waals surface area contributed by atoms with Gasteiger partial charge in [0.15, 0.2) is 0 Å². The first-order valence-corrected chi connectivity index (χ1v) is 9.68. The van der Waals surface area contributed by atoms with E-state index in [0.29, 0.717) is 35.9 Å². The van der Waals surface area contributed by atoms with Gasteiger partial charge < -0.3 is 15.2 Å². The zero-order valence-corrected chi connectivity index (χ0v) is 16.3. The maximum Gasteiger partial charge on any atom is 0.268 e. The van der Waals surface area contributed by atoms with Crippen LogP contribution in [0.2, 0.25) is 5.02 Å². The van der Waals surface area contributed by atoms with E-state index < -0.39 is 5.41 Å². The van der Waals surface area contributed by atoms with Crippen molar-refractivity contribution < 1.29 is 14.6 Å². The van der Waals surface area contributed by atoms with E-state index in [1.54, 1.807) is 19.2 Å². The fraction of sp³-hybridized carbons (Fsp3) is 0.333. The Morgan fingerprint density at radius 1 is 1.36 bits per heavy atom. The van der Waals surface area contributed by atoms with Crippen LogP contribution >= 0.6 is 11.6 Å². The van der Waals surface area contributed by atoms with Gasteiger partial charge in [0, 0.05) is 18.7 Å². The monoisotopic (exact) mass is 399 g/mol. The molecule has 146 valence electrons. The summed E-state index contributed by atoms with van der Waals surface area (Å²) in [5, 5.41) is 19.5. The van der Waals surface area contributed by atoms with Gasteiger partial charge in [0.25, 0.3) is 5.91 Å². The first-order valence-electron chi connectivity index (χ1n) is 9.31. The lowest BCUT2D eigenvalue weighted by atomic mass is 9.67. The summed E-state index contributed by atoms with van der Waals surface area (Å²) in [5.41, 5.74) is 1.44. The number of hydrazone groups is 1. The molecule has 1 amide bonds. The number of aliphatic hydroxyl groups excluding tert-OH is 1. The van der Waals surface area contributed by atoms with Crippen LogP contribution in [0.15, 0.2) is 53.6 Å². The number of hydrogen-bond acceptors (Lipinski definition) is 5. The predicted octanol–water partition coefficient (Wildman–Crippen LogP) is 2.73. The van der Waals surface area contributed by atoms with E-state index >= 15 is 0 Å². The lowest BCUT2D eigenvalue weighted by Gasteiger charge is -2.41. The van der Waals surface area contributed by atoms with Crippen LogP contribution in [0, 0.1) is 0 Å². The van der Waals surface area contributed by atoms with Crippen LogP contribution in [0.25, 0.3) is 0 Å². The summed E-state index contributed by atoms with van der Waals surface area (Å²) < 4.78 is 6.04. The van der Waals surface area contributed by atoms with Crippen molar-refractivity contribution >= 4 is 28.9 Å². The quantitative estimate of drug-likeness (QED) is 0.810. The van der Waals surface area contributed by atoms with E-state index in [1.165, 1.54) is 0 Å². The molecule has 2 aromatic rings. The Hall–Kier alpha value is -2.57. The molecule has 2 aliphatic rings. The van der Waals surface area contributed by atoms with Gasteiger partial charge in [-0.25, -0.2) is 0 Å². The van der Waals surface area contributed by atoms with Crippen molar-refractivity contribution in [3.63, 3.8) is 0 Å². The van der Waals surface area contributed by atoms with E-state index in [4.69, 9.17) is 21.4 Å². The van der Waals surface area contributed by atoms with Crippen LogP contribution in [-0.2, 0) is 10.2 Å².